The summed E-state index contributed by atoms with van der Waals surface area (Å²) in [5.41, 5.74) is 1.98. The van der Waals surface area contributed by atoms with Crippen LogP contribution in [0.25, 0.3) is 6.08 Å². The van der Waals surface area contributed by atoms with Gasteiger partial charge in [0.15, 0.2) is 0 Å². The van der Waals surface area contributed by atoms with E-state index in [4.69, 9.17) is 0 Å². The minimum atomic E-state index is -0.215. The topological polar surface area (TPSA) is 40.5 Å². The molecule has 0 spiro atoms. The van der Waals surface area contributed by atoms with Crippen LogP contribution in [-0.2, 0) is 0 Å². The van der Waals surface area contributed by atoms with E-state index in [1.165, 1.54) is 44.1 Å². The van der Waals surface area contributed by atoms with Crippen molar-refractivity contribution in [2.24, 2.45) is 46.3 Å². The molecule has 33 heavy (non-hydrogen) atoms. The van der Waals surface area contributed by atoms with Crippen LogP contribution in [0.15, 0.2) is 36.4 Å². The van der Waals surface area contributed by atoms with Crippen molar-refractivity contribution in [3.8, 4) is 0 Å². The van der Waals surface area contributed by atoms with Crippen molar-refractivity contribution < 1.29 is 10.2 Å². The monoisotopic (exact) mass is 450 g/mol. The minimum Gasteiger partial charge on any atom is -0.393 e. The van der Waals surface area contributed by atoms with Crippen LogP contribution in [-0.4, -0.2) is 22.4 Å². The van der Waals surface area contributed by atoms with Gasteiger partial charge in [-0.25, -0.2) is 0 Å². The minimum absolute atomic E-state index is 0.198. The second kappa shape index (κ2) is 9.15. The van der Waals surface area contributed by atoms with Gasteiger partial charge in [0, 0.05) is 0 Å². The summed E-state index contributed by atoms with van der Waals surface area (Å²) in [5, 5.41) is 21.5. The predicted octanol–water partition coefficient (Wildman–Crippen LogP) is 7.11. The van der Waals surface area contributed by atoms with Crippen LogP contribution in [0.1, 0.15) is 90.5 Å². The Morgan fingerprint density at radius 2 is 1.64 bits per heavy atom. The molecule has 182 valence electrons. The van der Waals surface area contributed by atoms with E-state index >= 15 is 0 Å². The Morgan fingerprint density at radius 3 is 2.42 bits per heavy atom. The third kappa shape index (κ3) is 4.14. The average molecular weight is 451 g/mol. The van der Waals surface area contributed by atoms with Crippen molar-refractivity contribution in [1.29, 1.82) is 0 Å². The highest BCUT2D eigenvalue weighted by atomic mass is 16.3. The molecule has 4 aliphatic rings. The van der Waals surface area contributed by atoms with Gasteiger partial charge in [0.05, 0.1) is 12.2 Å². The maximum absolute atomic E-state index is 11.2. The fourth-order valence-corrected chi connectivity index (χ4v) is 9.60. The molecule has 0 aliphatic heterocycles. The van der Waals surface area contributed by atoms with Gasteiger partial charge in [0.1, 0.15) is 0 Å². The highest BCUT2D eigenvalue weighted by molar-refractivity contribution is 5.48. The molecule has 10 atom stereocenters. The number of hydrogen-bond acceptors (Lipinski definition) is 2. The van der Waals surface area contributed by atoms with E-state index in [2.05, 4.69) is 63.3 Å². The Kier molecular flexibility index (Phi) is 6.55. The molecule has 2 nitrogen and oxygen atoms in total. The van der Waals surface area contributed by atoms with E-state index in [-0.39, 0.29) is 17.6 Å². The summed E-state index contributed by atoms with van der Waals surface area (Å²) in [6, 6.07) is 10.7. The SMILES string of the molecule is C[C@H](CC/C=C/c1ccccc1)C1CCC2C3C[C@H](O)C4C[C@H](O)CCC4(C)C3CC[C@@]21C. The van der Waals surface area contributed by atoms with E-state index in [0.717, 1.165) is 49.4 Å². The lowest BCUT2D eigenvalue weighted by Crippen LogP contribution is -2.58. The lowest BCUT2D eigenvalue weighted by Gasteiger charge is -2.62. The number of hydrogen-bond donors (Lipinski definition) is 2. The molecule has 1 aromatic carbocycles. The standard InChI is InChI=1S/C31H46O2/c1-21(9-7-8-12-22-10-5-4-6-11-22)25-13-14-26-24-20-29(33)28-19-23(32)15-17-31(28,3)27(24)16-18-30(25,26)2/h4-6,8,10-12,21,23-29,32-33H,7,9,13-20H2,1-3H3/b12-8+/t21-,23-,24?,25?,26?,27?,28?,29+,30-,31?/m1/s1. The fraction of sp³-hybridized carbons (Fsp3) is 0.742. The Morgan fingerprint density at radius 1 is 0.909 bits per heavy atom. The maximum Gasteiger partial charge on any atom is 0.0577 e. The van der Waals surface area contributed by atoms with Crippen molar-refractivity contribution in [2.75, 3.05) is 0 Å². The molecule has 5 rings (SSSR count). The molecule has 6 unspecified atom stereocenters. The van der Waals surface area contributed by atoms with Crippen LogP contribution in [0, 0.1) is 46.3 Å². The van der Waals surface area contributed by atoms with E-state index in [1.54, 1.807) is 0 Å². The zero-order valence-corrected chi connectivity index (χ0v) is 21.1. The normalized spacial score (nSPS) is 45.9. The Bertz CT molecular complexity index is 833. The molecule has 0 heterocycles. The number of benzene rings is 1. The smallest absolute Gasteiger partial charge is 0.0577 e. The number of aliphatic hydroxyl groups excluding tert-OH is 2. The molecule has 4 aliphatic carbocycles. The molecular formula is C31H46O2. The lowest BCUT2D eigenvalue weighted by atomic mass is 9.44. The second-order valence-electron chi connectivity index (χ2n) is 12.8. The summed E-state index contributed by atoms with van der Waals surface area (Å²) in [7, 11) is 0. The Balaban J connectivity index is 1.26. The quantitative estimate of drug-likeness (QED) is 0.502. The zero-order chi connectivity index (χ0) is 23.2. The molecule has 2 N–H and O–H groups in total. The number of allylic oxidation sites excluding steroid dienone is 1. The molecule has 1 aromatic rings. The predicted molar refractivity (Wildman–Crippen MR) is 136 cm³/mol. The van der Waals surface area contributed by atoms with Gasteiger partial charge in [-0.3, -0.25) is 0 Å². The van der Waals surface area contributed by atoms with Crippen molar-refractivity contribution in [3.63, 3.8) is 0 Å². The molecule has 4 fully saturated rings. The van der Waals surface area contributed by atoms with Crippen LogP contribution in [0.5, 0.6) is 0 Å². The van der Waals surface area contributed by atoms with Gasteiger partial charge in [-0.2, -0.15) is 0 Å². The fourth-order valence-electron chi connectivity index (χ4n) is 9.60. The maximum atomic E-state index is 11.2. The summed E-state index contributed by atoms with van der Waals surface area (Å²) in [6.07, 6.45) is 16.0. The van der Waals surface area contributed by atoms with Crippen molar-refractivity contribution in [2.45, 2.75) is 97.2 Å². The molecule has 0 saturated heterocycles. The first-order chi connectivity index (χ1) is 15.8. The van der Waals surface area contributed by atoms with Gasteiger partial charge in [-0.05, 0) is 116 Å². The van der Waals surface area contributed by atoms with Gasteiger partial charge in [-0.15, -0.1) is 0 Å². The number of rotatable bonds is 5. The second-order valence-corrected chi connectivity index (χ2v) is 12.8. The molecule has 0 aromatic heterocycles. The first-order valence-electron chi connectivity index (χ1n) is 13.9. The van der Waals surface area contributed by atoms with Gasteiger partial charge in [-0.1, -0.05) is 63.3 Å². The van der Waals surface area contributed by atoms with Gasteiger partial charge in [0.25, 0.3) is 0 Å². The highest BCUT2D eigenvalue weighted by Crippen LogP contribution is 2.68. The summed E-state index contributed by atoms with van der Waals surface area (Å²) in [5.74, 6) is 4.11. The van der Waals surface area contributed by atoms with Crippen LogP contribution in [0.4, 0.5) is 0 Å². The van der Waals surface area contributed by atoms with E-state index in [0.29, 0.717) is 17.3 Å². The van der Waals surface area contributed by atoms with Gasteiger partial charge >= 0.3 is 0 Å². The summed E-state index contributed by atoms with van der Waals surface area (Å²) < 4.78 is 0. The Labute approximate surface area is 201 Å². The molecule has 4 saturated carbocycles. The summed E-state index contributed by atoms with van der Waals surface area (Å²) >= 11 is 0. The molecule has 0 bridgehead atoms. The average Bonchev–Trinajstić information content (AvgIpc) is 3.16. The van der Waals surface area contributed by atoms with Crippen LogP contribution in [0.3, 0.4) is 0 Å². The Hall–Kier alpha value is -1.12. The molecule has 0 amide bonds. The van der Waals surface area contributed by atoms with E-state index in [1.807, 2.05) is 0 Å². The first kappa shape index (κ1) is 23.6. The third-order valence-corrected chi connectivity index (χ3v) is 11.3. The molecule has 0 radical (unpaired) electrons. The zero-order valence-electron chi connectivity index (χ0n) is 21.1. The highest BCUT2D eigenvalue weighted by Gasteiger charge is 2.62. The van der Waals surface area contributed by atoms with Crippen LogP contribution in [0.2, 0.25) is 0 Å². The summed E-state index contributed by atoms with van der Waals surface area (Å²) in [6.45, 7) is 7.60. The number of aliphatic hydroxyl groups is 2. The molecular weight excluding hydrogens is 404 g/mol. The third-order valence-electron chi connectivity index (χ3n) is 11.3. The van der Waals surface area contributed by atoms with E-state index in [9.17, 15) is 10.2 Å². The summed E-state index contributed by atoms with van der Waals surface area (Å²) in [4.78, 5) is 0. The van der Waals surface area contributed by atoms with Crippen LogP contribution >= 0.6 is 0 Å². The molecule has 2 heteroatoms. The van der Waals surface area contributed by atoms with Gasteiger partial charge in [0.2, 0.25) is 0 Å². The number of fused-ring (bicyclic) bond motifs is 5. The van der Waals surface area contributed by atoms with Crippen molar-refractivity contribution in [3.05, 3.63) is 42.0 Å². The van der Waals surface area contributed by atoms with Crippen molar-refractivity contribution >= 4 is 6.08 Å². The van der Waals surface area contributed by atoms with Gasteiger partial charge < -0.3 is 10.2 Å². The van der Waals surface area contributed by atoms with Crippen LogP contribution < -0.4 is 0 Å². The van der Waals surface area contributed by atoms with Crippen molar-refractivity contribution in [1.82, 2.24) is 0 Å². The van der Waals surface area contributed by atoms with E-state index < -0.39 is 0 Å². The largest absolute Gasteiger partial charge is 0.393 e. The first-order valence-corrected chi connectivity index (χ1v) is 13.9. The lowest BCUT2D eigenvalue weighted by molar-refractivity contribution is -0.172.